The number of fused-ring (bicyclic) bond motifs is 1. The fourth-order valence-corrected chi connectivity index (χ4v) is 4.11. The Morgan fingerprint density at radius 2 is 1.97 bits per heavy atom. The van der Waals surface area contributed by atoms with E-state index in [1.807, 2.05) is 49.3 Å². The summed E-state index contributed by atoms with van der Waals surface area (Å²) in [5.74, 6) is 0.809. The molecule has 0 aromatic carbocycles. The highest BCUT2D eigenvalue weighted by atomic mass is 19.3. The number of amides is 1. The van der Waals surface area contributed by atoms with Crippen molar-refractivity contribution in [2.45, 2.75) is 44.2 Å². The zero-order valence-corrected chi connectivity index (χ0v) is 16.6. The Balaban J connectivity index is 1.41. The number of hydrogen-bond donors (Lipinski definition) is 1. The number of carbonyl (C=O) groups excluding carboxylic acids is 1. The highest BCUT2D eigenvalue weighted by Gasteiger charge is 2.27. The van der Waals surface area contributed by atoms with E-state index in [-0.39, 0.29) is 23.7 Å². The number of nitrogens with zero attached hydrogens (tertiary/aromatic N) is 4. The van der Waals surface area contributed by atoms with Crippen LogP contribution >= 0.6 is 0 Å². The van der Waals surface area contributed by atoms with Crippen molar-refractivity contribution in [1.29, 1.82) is 0 Å². The molecule has 1 aliphatic carbocycles. The summed E-state index contributed by atoms with van der Waals surface area (Å²) in [5.41, 5.74) is 0.986. The van der Waals surface area contributed by atoms with E-state index < -0.39 is 6.43 Å². The number of carbonyl (C=O) groups is 1. The van der Waals surface area contributed by atoms with Gasteiger partial charge in [0.1, 0.15) is 17.2 Å². The molecule has 1 aliphatic rings. The molecule has 8 heteroatoms. The zero-order chi connectivity index (χ0) is 20.5. The van der Waals surface area contributed by atoms with Crippen molar-refractivity contribution in [3.8, 4) is 0 Å². The van der Waals surface area contributed by atoms with Crippen molar-refractivity contribution in [2.24, 2.45) is 7.05 Å². The third-order valence-electron chi connectivity index (χ3n) is 5.75. The summed E-state index contributed by atoms with van der Waals surface area (Å²) in [7, 11) is 3.88. The molecule has 0 spiro atoms. The largest absolute Gasteiger partial charge is 0.358 e. The van der Waals surface area contributed by atoms with Crippen molar-refractivity contribution in [3.05, 3.63) is 54.1 Å². The van der Waals surface area contributed by atoms with E-state index in [2.05, 4.69) is 15.2 Å². The number of aromatic nitrogens is 3. The molecular formula is C21H25F2N5O. The van der Waals surface area contributed by atoms with Crippen molar-refractivity contribution in [1.82, 2.24) is 19.3 Å². The van der Waals surface area contributed by atoms with Gasteiger partial charge in [-0.1, -0.05) is 6.07 Å². The molecular weight excluding hydrogens is 376 g/mol. The normalized spacial score (nSPS) is 19.6. The SMILES string of the molecule is Cn1ccc(C(=O)N[C@H]2CC[C@@H](N(C)c3cccc4nc(C(F)F)cn34)CC2)c1. The number of pyridine rings is 1. The van der Waals surface area contributed by atoms with Gasteiger partial charge >= 0.3 is 0 Å². The number of nitrogens with one attached hydrogen (secondary N) is 1. The van der Waals surface area contributed by atoms with Crippen molar-refractivity contribution in [2.75, 3.05) is 11.9 Å². The van der Waals surface area contributed by atoms with Gasteiger partial charge in [0.05, 0.1) is 5.56 Å². The highest BCUT2D eigenvalue weighted by molar-refractivity contribution is 5.94. The monoisotopic (exact) mass is 401 g/mol. The maximum atomic E-state index is 13.0. The van der Waals surface area contributed by atoms with Crippen molar-refractivity contribution in [3.63, 3.8) is 0 Å². The number of hydrogen-bond acceptors (Lipinski definition) is 3. The highest BCUT2D eigenvalue weighted by Crippen LogP contribution is 2.28. The van der Waals surface area contributed by atoms with E-state index in [0.717, 1.165) is 31.5 Å². The van der Waals surface area contributed by atoms with Crippen LogP contribution in [0.4, 0.5) is 14.6 Å². The lowest BCUT2D eigenvalue weighted by atomic mass is 9.90. The summed E-state index contributed by atoms with van der Waals surface area (Å²) in [4.78, 5) is 18.5. The van der Waals surface area contributed by atoms with Crippen LogP contribution in [0.5, 0.6) is 0 Å². The van der Waals surface area contributed by atoms with Gasteiger partial charge in [-0.2, -0.15) is 0 Å². The summed E-state index contributed by atoms with van der Waals surface area (Å²) in [6.45, 7) is 0. The number of anilines is 1. The van der Waals surface area contributed by atoms with Crippen molar-refractivity contribution < 1.29 is 13.6 Å². The molecule has 154 valence electrons. The second kappa shape index (κ2) is 7.85. The zero-order valence-electron chi connectivity index (χ0n) is 16.6. The first-order valence-electron chi connectivity index (χ1n) is 9.84. The van der Waals surface area contributed by atoms with Gasteiger partial charge in [0.15, 0.2) is 0 Å². The summed E-state index contributed by atoms with van der Waals surface area (Å²) < 4.78 is 29.7. The molecule has 0 radical (unpaired) electrons. The van der Waals surface area contributed by atoms with Crippen LogP contribution < -0.4 is 10.2 Å². The van der Waals surface area contributed by atoms with Crippen LogP contribution in [0.2, 0.25) is 0 Å². The van der Waals surface area contributed by atoms with Gasteiger partial charge in [-0.05, 0) is 43.9 Å². The van der Waals surface area contributed by atoms with E-state index in [1.54, 1.807) is 10.5 Å². The lowest BCUT2D eigenvalue weighted by Gasteiger charge is -2.36. The maximum absolute atomic E-state index is 13.0. The van der Waals surface area contributed by atoms with E-state index >= 15 is 0 Å². The second-order valence-corrected chi connectivity index (χ2v) is 7.73. The Morgan fingerprint density at radius 3 is 2.62 bits per heavy atom. The van der Waals surface area contributed by atoms with Crippen LogP contribution in [-0.4, -0.2) is 39.0 Å². The first kappa shape index (κ1) is 19.4. The van der Waals surface area contributed by atoms with E-state index in [4.69, 9.17) is 0 Å². The van der Waals surface area contributed by atoms with E-state index in [1.165, 1.54) is 6.20 Å². The summed E-state index contributed by atoms with van der Waals surface area (Å²) in [6, 6.07) is 7.75. The lowest BCUT2D eigenvalue weighted by molar-refractivity contribution is 0.0925. The molecule has 4 rings (SSSR count). The van der Waals surface area contributed by atoms with Crippen LogP contribution in [0.3, 0.4) is 0 Å². The Kier molecular flexibility index (Phi) is 5.25. The minimum atomic E-state index is -2.59. The molecule has 6 nitrogen and oxygen atoms in total. The maximum Gasteiger partial charge on any atom is 0.281 e. The van der Waals surface area contributed by atoms with Crippen LogP contribution in [0, 0.1) is 0 Å². The number of alkyl halides is 2. The standard InChI is InChI=1S/C21H25F2N5O/c1-26-11-10-14(12-26)21(29)24-15-6-8-16(9-7-15)27(2)19-5-3-4-18-25-17(20(22)23)13-28(18)19/h3-5,10-13,15-16,20H,6-9H2,1-2H3,(H,24,29)/t15-,16+. The summed E-state index contributed by atoms with van der Waals surface area (Å²) >= 11 is 0. The number of halogens is 2. The smallest absolute Gasteiger partial charge is 0.281 e. The van der Waals surface area contributed by atoms with Crippen LogP contribution in [0.25, 0.3) is 5.65 Å². The van der Waals surface area contributed by atoms with Gasteiger partial charge in [0.25, 0.3) is 12.3 Å². The Morgan fingerprint density at radius 1 is 1.21 bits per heavy atom. The predicted octanol–water partition coefficient (Wildman–Crippen LogP) is 3.79. The third-order valence-corrected chi connectivity index (χ3v) is 5.75. The average Bonchev–Trinajstić information content (AvgIpc) is 3.34. The minimum absolute atomic E-state index is 0.0369. The average molecular weight is 401 g/mol. The predicted molar refractivity (Wildman–Crippen MR) is 107 cm³/mol. The molecule has 0 unspecified atom stereocenters. The van der Waals surface area contributed by atoms with Crippen LogP contribution in [0.1, 0.15) is 48.2 Å². The van der Waals surface area contributed by atoms with Gasteiger partial charge < -0.3 is 14.8 Å². The van der Waals surface area contributed by atoms with E-state index in [9.17, 15) is 13.6 Å². The molecule has 1 amide bonds. The molecule has 3 heterocycles. The van der Waals surface area contributed by atoms with Gasteiger partial charge in [0.2, 0.25) is 0 Å². The van der Waals surface area contributed by atoms with Gasteiger partial charge in [-0.15, -0.1) is 0 Å². The molecule has 29 heavy (non-hydrogen) atoms. The second-order valence-electron chi connectivity index (χ2n) is 7.73. The molecule has 0 bridgehead atoms. The lowest BCUT2D eigenvalue weighted by Crippen LogP contribution is -2.43. The molecule has 1 fully saturated rings. The first-order chi connectivity index (χ1) is 13.9. The molecule has 0 atom stereocenters. The first-order valence-corrected chi connectivity index (χ1v) is 9.84. The Labute approximate surface area is 168 Å². The fraction of sp³-hybridized carbons (Fsp3) is 0.429. The van der Waals surface area contributed by atoms with Crippen LogP contribution in [-0.2, 0) is 7.05 Å². The van der Waals surface area contributed by atoms with E-state index in [0.29, 0.717) is 11.2 Å². The fourth-order valence-electron chi connectivity index (χ4n) is 4.11. The number of imidazole rings is 1. The minimum Gasteiger partial charge on any atom is -0.358 e. The molecule has 3 aromatic rings. The van der Waals surface area contributed by atoms with Gasteiger partial charge in [0, 0.05) is 44.8 Å². The quantitative estimate of drug-likeness (QED) is 0.708. The summed E-state index contributed by atoms with van der Waals surface area (Å²) in [6.07, 6.45) is 6.11. The number of aryl methyl sites for hydroxylation is 1. The summed E-state index contributed by atoms with van der Waals surface area (Å²) in [5, 5.41) is 3.12. The Bertz CT molecular complexity index is 1000. The molecule has 3 aromatic heterocycles. The number of rotatable bonds is 5. The van der Waals surface area contributed by atoms with Gasteiger partial charge in [-0.25, -0.2) is 13.8 Å². The van der Waals surface area contributed by atoms with Gasteiger partial charge in [-0.3, -0.25) is 9.20 Å². The topological polar surface area (TPSA) is 54.6 Å². The molecule has 0 aliphatic heterocycles. The molecule has 1 N–H and O–H groups in total. The third kappa shape index (κ3) is 3.97. The molecule has 0 saturated heterocycles. The van der Waals surface area contributed by atoms with Crippen molar-refractivity contribution >= 4 is 17.4 Å². The molecule has 1 saturated carbocycles. The Hall–Kier alpha value is -2.90. The van der Waals surface area contributed by atoms with Crippen LogP contribution in [0.15, 0.2) is 42.9 Å².